The third kappa shape index (κ3) is 3.17. The van der Waals surface area contributed by atoms with Crippen LogP contribution in [0.3, 0.4) is 0 Å². The number of nitrogens with zero attached hydrogens (tertiary/aromatic N) is 3. The average molecular weight is 260 g/mol. The van der Waals surface area contributed by atoms with E-state index in [-0.39, 0.29) is 5.91 Å². The van der Waals surface area contributed by atoms with Crippen molar-refractivity contribution in [3.63, 3.8) is 0 Å². The highest BCUT2D eigenvalue weighted by atomic mass is 16.5. The Morgan fingerprint density at radius 1 is 1.47 bits per heavy atom. The fourth-order valence-corrected chi connectivity index (χ4v) is 1.84. The minimum absolute atomic E-state index is 0.175. The lowest BCUT2D eigenvalue weighted by Crippen LogP contribution is -2.32. The van der Waals surface area contributed by atoms with Crippen LogP contribution in [0.2, 0.25) is 0 Å². The van der Waals surface area contributed by atoms with Gasteiger partial charge in [-0.15, -0.1) is 0 Å². The maximum absolute atomic E-state index is 12.3. The third-order valence-corrected chi connectivity index (χ3v) is 2.64. The highest BCUT2D eigenvalue weighted by molar-refractivity contribution is 5.94. The lowest BCUT2D eigenvalue weighted by atomic mass is 10.1. The van der Waals surface area contributed by atoms with Gasteiger partial charge in [0.05, 0.1) is 0 Å². The van der Waals surface area contributed by atoms with Gasteiger partial charge in [0.1, 0.15) is 11.8 Å². The van der Waals surface area contributed by atoms with Crippen LogP contribution in [-0.4, -0.2) is 35.0 Å². The van der Waals surface area contributed by atoms with Gasteiger partial charge in [-0.3, -0.25) is 14.7 Å². The van der Waals surface area contributed by atoms with Crippen LogP contribution >= 0.6 is 0 Å². The predicted molar refractivity (Wildman–Crippen MR) is 70.5 cm³/mol. The van der Waals surface area contributed by atoms with Crippen molar-refractivity contribution in [1.82, 2.24) is 15.0 Å². The van der Waals surface area contributed by atoms with E-state index >= 15 is 0 Å². The van der Waals surface area contributed by atoms with E-state index in [0.717, 1.165) is 5.56 Å². The van der Waals surface area contributed by atoms with E-state index in [1.165, 1.54) is 0 Å². The van der Waals surface area contributed by atoms with E-state index in [9.17, 15) is 4.79 Å². The monoisotopic (exact) mass is 260 g/mol. The Labute approximate surface area is 111 Å². The second-order valence-electron chi connectivity index (χ2n) is 4.46. The smallest absolute Gasteiger partial charge is 0.247 e. The van der Waals surface area contributed by atoms with Crippen molar-refractivity contribution in [2.24, 2.45) is 0 Å². The first-order valence-electron chi connectivity index (χ1n) is 5.88. The molecular formula is C13H16N4O2. The summed E-state index contributed by atoms with van der Waals surface area (Å²) in [6, 6.07) is 4.92. The Hall–Kier alpha value is -2.21. The van der Waals surface area contributed by atoms with Crippen molar-refractivity contribution in [2.45, 2.75) is 13.0 Å². The molecule has 2 aromatic rings. The molecule has 0 aliphatic heterocycles. The van der Waals surface area contributed by atoms with E-state index in [1.54, 1.807) is 31.5 Å². The molecule has 1 N–H and O–H groups in total. The Bertz CT molecular complexity index is 551. The second-order valence-corrected chi connectivity index (χ2v) is 4.46. The molecule has 0 aliphatic carbocycles. The number of aromatic nitrogens is 2. The van der Waals surface area contributed by atoms with Gasteiger partial charge in [-0.2, -0.15) is 0 Å². The van der Waals surface area contributed by atoms with Gasteiger partial charge in [0.2, 0.25) is 5.91 Å². The summed E-state index contributed by atoms with van der Waals surface area (Å²) in [4.78, 5) is 18.2. The van der Waals surface area contributed by atoms with Crippen molar-refractivity contribution in [3.8, 4) is 0 Å². The molecule has 1 atom stereocenters. The van der Waals surface area contributed by atoms with Gasteiger partial charge in [-0.1, -0.05) is 11.2 Å². The summed E-state index contributed by atoms with van der Waals surface area (Å²) >= 11 is 0. The number of hydrogen-bond acceptors (Lipinski definition) is 5. The maximum atomic E-state index is 12.3. The first-order valence-corrected chi connectivity index (χ1v) is 5.88. The fraction of sp³-hybridized carbons (Fsp3) is 0.308. The Balaban J connectivity index is 2.18. The highest BCUT2D eigenvalue weighted by Gasteiger charge is 2.23. The topological polar surface area (TPSA) is 71.3 Å². The molecule has 1 amide bonds. The summed E-state index contributed by atoms with van der Waals surface area (Å²) < 4.78 is 4.92. The molecule has 2 rings (SSSR count). The number of hydrogen-bond donors (Lipinski definition) is 1. The molecule has 0 saturated heterocycles. The molecule has 6 heteroatoms. The molecule has 0 spiro atoms. The van der Waals surface area contributed by atoms with Crippen molar-refractivity contribution in [3.05, 3.63) is 41.9 Å². The van der Waals surface area contributed by atoms with Gasteiger partial charge in [0, 0.05) is 18.5 Å². The first-order chi connectivity index (χ1) is 9.08. The van der Waals surface area contributed by atoms with Crippen LogP contribution in [0.15, 0.2) is 35.1 Å². The fourth-order valence-electron chi connectivity index (χ4n) is 1.84. The number of carbonyl (C=O) groups is 1. The minimum Gasteiger partial charge on any atom is -0.360 e. The van der Waals surface area contributed by atoms with Crippen molar-refractivity contribution in [1.29, 1.82) is 0 Å². The summed E-state index contributed by atoms with van der Waals surface area (Å²) in [6.07, 6.45) is 3.35. The van der Waals surface area contributed by atoms with Gasteiger partial charge in [-0.05, 0) is 32.6 Å². The Morgan fingerprint density at radius 3 is 2.79 bits per heavy atom. The van der Waals surface area contributed by atoms with Crippen LogP contribution in [0, 0.1) is 6.92 Å². The average Bonchev–Trinajstić information content (AvgIpc) is 2.75. The Morgan fingerprint density at radius 2 is 2.26 bits per heavy atom. The molecule has 100 valence electrons. The number of pyridine rings is 1. The maximum Gasteiger partial charge on any atom is 0.247 e. The van der Waals surface area contributed by atoms with E-state index < -0.39 is 6.04 Å². The van der Waals surface area contributed by atoms with Gasteiger partial charge in [0.15, 0.2) is 5.82 Å². The lowest BCUT2D eigenvalue weighted by Gasteiger charge is -2.22. The van der Waals surface area contributed by atoms with Gasteiger partial charge >= 0.3 is 0 Å². The molecule has 6 nitrogen and oxygen atoms in total. The molecule has 0 radical (unpaired) electrons. The summed E-state index contributed by atoms with van der Waals surface area (Å²) in [5.41, 5.74) is 0.824. The molecule has 0 fully saturated rings. The molecule has 1 unspecified atom stereocenters. The zero-order valence-corrected chi connectivity index (χ0v) is 11.1. The number of rotatable bonds is 4. The van der Waals surface area contributed by atoms with Crippen LogP contribution in [0.25, 0.3) is 0 Å². The van der Waals surface area contributed by atoms with E-state index in [2.05, 4.69) is 15.5 Å². The number of nitrogens with one attached hydrogen (secondary N) is 1. The zero-order chi connectivity index (χ0) is 13.8. The number of aryl methyl sites for hydroxylation is 1. The summed E-state index contributed by atoms with van der Waals surface area (Å²) in [6.45, 7) is 1.77. The summed E-state index contributed by atoms with van der Waals surface area (Å²) in [5, 5.41) is 6.48. The quantitative estimate of drug-likeness (QED) is 0.904. The van der Waals surface area contributed by atoms with Crippen LogP contribution in [-0.2, 0) is 4.79 Å². The largest absolute Gasteiger partial charge is 0.360 e. The molecule has 2 aromatic heterocycles. The van der Waals surface area contributed by atoms with Gasteiger partial charge < -0.3 is 9.84 Å². The molecule has 0 saturated carbocycles. The van der Waals surface area contributed by atoms with Gasteiger partial charge in [-0.25, -0.2) is 0 Å². The summed E-state index contributed by atoms with van der Waals surface area (Å²) in [7, 11) is 3.68. The molecule has 0 aromatic carbocycles. The second kappa shape index (κ2) is 5.62. The van der Waals surface area contributed by atoms with Crippen molar-refractivity contribution >= 4 is 11.7 Å². The van der Waals surface area contributed by atoms with Crippen LogP contribution in [0.1, 0.15) is 17.4 Å². The highest BCUT2D eigenvalue weighted by Crippen LogP contribution is 2.19. The van der Waals surface area contributed by atoms with E-state index in [4.69, 9.17) is 4.52 Å². The van der Waals surface area contributed by atoms with Gasteiger partial charge in [0.25, 0.3) is 0 Å². The Kier molecular flexibility index (Phi) is 3.91. The first kappa shape index (κ1) is 13.2. The third-order valence-electron chi connectivity index (χ3n) is 2.64. The minimum atomic E-state index is -0.425. The molecule has 2 heterocycles. The summed E-state index contributed by atoms with van der Waals surface area (Å²) in [5.74, 6) is 0.891. The van der Waals surface area contributed by atoms with Crippen LogP contribution in [0.4, 0.5) is 5.82 Å². The molecular weight excluding hydrogens is 244 g/mol. The number of carbonyl (C=O) groups excluding carboxylic acids is 1. The molecule has 0 bridgehead atoms. The van der Waals surface area contributed by atoms with Crippen LogP contribution in [0.5, 0.6) is 0 Å². The number of amides is 1. The van der Waals surface area contributed by atoms with Crippen molar-refractivity contribution in [2.75, 3.05) is 19.4 Å². The van der Waals surface area contributed by atoms with E-state index in [0.29, 0.717) is 11.6 Å². The van der Waals surface area contributed by atoms with E-state index in [1.807, 2.05) is 25.1 Å². The predicted octanol–water partition coefficient (Wildman–Crippen LogP) is 1.62. The SMILES string of the molecule is Cc1cc(NC(=O)C(c2cccnc2)N(C)C)no1. The molecule has 19 heavy (non-hydrogen) atoms. The van der Waals surface area contributed by atoms with Crippen LogP contribution < -0.4 is 5.32 Å². The molecule has 0 aliphatic rings. The normalized spacial score (nSPS) is 12.4. The standard InChI is InChI=1S/C13H16N4O2/c1-9-7-11(16-19-9)15-13(18)12(17(2)3)10-5-4-6-14-8-10/h4-8,12H,1-3H3,(H,15,16,18). The zero-order valence-electron chi connectivity index (χ0n) is 11.1. The lowest BCUT2D eigenvalue weighted by molar-refractivity contribution is -0.120. The van der Waals surface area contributed by atoms with Crippen molar-refractivity contribution < 1.29 is 9.32 Å². The number of likely N-dealkylation sites (N-methyl/N-ethyl adjacent to an activating group) is 1. The number of anilines is 1.